The van der Waals surface area contributed by atoms with Gasteiger partial charge in [-0.3, -0.25) is 14.9 Å². The van der Waals surface area contributed by atoms with Crippen molar-refractivity contribution < 1.29 is 14.1 Å². The second kappa shape index (κ2) is 8.60. The van der Waals surface area contributed by atoms with Gasteiger partial charge >= 0.3 is 5.91 Å². The molecule has 0 spiro atoms. The lowest BCUT2D eigenvalue weighted by molar-refractivity contribution is -0.384. The fourth-order valence-corrected chi connectivity index (χ4v) is 4.06. The van der Waals surface area contributed by atoms with Gasteiger partial charge in [0, 0.05) is 38.6 Å². The summed E-state index contributed by atoms with van der Waals surface area (Å²) in [5.74, 6) is -0.314. The van der Waals surface area contributed by atoms with E-state index in [1.54, 1.807) is 24.3 Å². The molecule has 2 aromatic carbocycles. The second-order valence-electron chi connectivity index (χ2n) is 7.05. The molecule has 4 aromatic rings. The highest BCUT2D eigenvalue weighted by Gasteiger charge is 2.16. The number of nitrogens with one attached hydrogen (secondary N) is 1. The van der Waals surface area contributed by atoms with Gasteiger partial charge in [-0.25, -0.2) is 5.43 Å². The predicted octanol–water partition coefficient (Wildman–Crippen LogP) is 5.93. The number of fused-ring (bicyclic) bond motifs is 1. The quantitative estimate of drug-likeness (QED) is 0.202. The molecule has 0 bridgehead atoms. The van der Waals surface area contributed by atoms with Gasteiger partial charge in [0.05, 0.1) is 11.1 Å². The minimum absolute atomic E-state index is 0.0559. The van der Waals surface area contributed by atoms with Gasteiger partial charge in [0.1, 0.15) is 10.6 Å². The van der Waals surface area contributed by atoms with Crippen LogP contribution < -0.4 is 5.43 Å². The van der Waals surface area contributed by atoms with Crippen molar-refractivity contribution in [3.8, 4) is 5.69 Å². The van der Waals surface area contributed by atoms with Crippen LogP contribution in [0.5, 0.6) is 0 Å². The molecule has 0 saturated carbocycles. The summed E-state index contributed by atoms with van der Waals surface area (Å²) < 4.78 is 8.35. The molecule has 0 unspecified atom stereocenters. The maximum absolute atomic E-state index is 12.4. The third-order valence-electron chi connectivity index (χ3n) is 4.93. The molecule has 8 nitrogen and oxygen atoms in total. The normalized spacial score (nSPS) is 11.4. The molecule has 32 heavy (non-hydrogen) atoms. The van der Waals surface area contributed by atoms with E-state index < -0.39 is 10.8 Å². The predicted molar refractivity (Wildman–Crippen MR) is 126 cm³/mol. The molecule has 1 N–H and O–H groups in total. The number of hydrogen-bond donors (Lipinski definition) is 1. The first kappa shape index (κ1) is 21.8. The first-order chi connectivity index (χ1) is 15.2. The molecule has 4 rings (SSSR count). The molecular formula is C22H16BrClN4O4. The van der Waals surface area contributed by atoms with E-state index in [4.69, 9.17) is 16.0 Å². The highest BCUT2D eigenvalue weighted by molar-refractivity contribution is 9.10. The smallest absolute Gasteiger partial charge is 0.307 e. The van der Waals surface area contributed by atoms with Crippen molar-refractivity contribution in [2.75, 3.05) is 0 Å². The molecule has 0 saturated heterocycles. The number of carbonyl (C=O) groups excluding carboxylic acids is 1. The molecule has 0 aliphatic heterocycles. The minimum Gasteiger partial charge on any atom is -0.451 e. The number of nitro groups is 1. The highest BCUT2D eigenvalue weighted by Crippen LogP contribution is 2.29. The van der Waals surface area contributed by atoms with Crippen molar-refractivity contribution in [1.82, 2.24) is 9.99 Å². The molecule has 10 heteroatoms. The second-order valence-corrected chi connectivity index (χ2v) is 8.37. The van der Waals surface area contributed by atoms with E-state index in [1.165, 1.54) is 12.3 Å². The van der Waals surface area contributed by atoms with E-state index in [0.717, 1.165) is 26.8 Å². The average Bonchev–Trinajstić information content (AvgIpc) is 3.27. The van der Waals surface area contributed by atoms with Crippen LogP contribution in [0.25, 0.3) is 16.7 Å². The Morgan fingerprint density at radius 3 is 2.72 bits per heavy atom. The van der Waals surface area contributed by atoms with Crippen molar-refractivity contribution in [3.63, 3.8) is 0 Å². The average molecular weight is 516 g/mol. The third kappa shape index (κ3) is 4.17. The Kier molecular flexibility index (Phi) is 5.86. The molecule has 2 heterocycles. The molecule has 0 atom stereocenters. The minimum atomic E-state index is -0.525. The van der Waals surface area contributed by atoms with Crippen LogP contribution in [0.3, 0.4) is 0 Å². The summed E-state index contributed by atoms with van der Waals surface area (Å²) >= 11 is 9.45. The van der Waals surface area contributed by atoms with Gasteiger partial charge in [0.25, 0.3) is 5.69 Å². The lowest BCUT2D eigenvalue weighted by Gasteiger charge is -2.10. The van der Waals surface area contributed by atoms with Crippen LogP contribution >= 0.6 is 27.5 Å². The van der Waals surface area contributed by atoms with Crippen molar-refractivity contribution in [1.29, 1.82) is 0 Å². The zero-order valence-electron chi connectivity index (χ0n) is 16.9. The standard InChI is InChI=1S/C22H16BrClN4O4/c1-12-7-15(13(2)27(12)17-4-5-19(28(30)31)18(24)10-17)11-25-26-22(29)21-9-14-8-16(23)3-6-20(14)32-21/h3-11H,1-2H3,(H,26,29)/b25-11+. The van der Waals surface area contributed by atoms with Crippen LogP contribution in [0.2, 0.25) is 5.02 Å². The SMILES string of the molecule is Cc1cc(/C=N/NC(=O)c2cc3cc(Br)ccc3o2)c(C)n1-c1ccc([N+](=O)[O-])c(Cl)c1. The van der Waals surface area contributed by atoms with Crippen molar-refractivity contribution in [2.24, 2.45) is 5.10 Å². The van der Waals surface area contributed by atoms with E-state index in [0.29, 0.717) is 11.3 Å². The van der Waals surface area contributed by atoms with Gasteiger partial charge < -0.3 is 8.98 Å². The lowest BCUT2D eigenvalue weighted by atomic mass is 10.2. The van der Waals surface area contributed by atoms with Gasteiger partial charge in [-0.2, -0.15) is 5.10 Å². The number of rotatable bonds is 5. The molecule has 0 aliphatic rings. The molecular weight excluding hydrogens is 500 g/mol. The number of amides is 1. The molecule has 0 aliphatic carbocycles. The number of hydrogen-bond acceptors (Lipinski definition) is 5. The summed E-state index contributed by atoms with van der Waals surface area (Å²) in [5, 5.41) is 15.9. The number of furan rings is 1. The number of aromatic nitrogens is 1. The van der Waals surface area contributed by atoms with E-state index in [9.17, 15) is 14.9 Å². The molecule has 162 valence electrons. The largest absolute Gasteiger partial charge is 0.451 e. The Morgan fingerprint density at radius 1 is 1.22 bits per heavy atom. The molecule has 1 amide bonds. The van der Waals surface area contributed by atoms with Crippen LogP contribution in [0.1, 0.15) is 27.5 Å². The van der Waals surface area contributed by atoms with E-state index in [-0.39, 0.29) is 16.5 Å². The summed E-state index contributed by atoms with van der Waals surface area (Å²) in [4.78, 5) is 22.9. The monoisotopic (exact) mass is 514 g/mol. The first-order valence-electron chi connectivity index (χ1n) is 9.40. The number of carbonyl (C=O) groups is 1. The van der Waals surface area contributed by atoms with Gasteiger partial charge in [-0.05, 0) is 56.3 Å². The van der Waals surface area contributed by atoms with E-state index in [2.05, 4.69) is 26.5 Å². The van der Waals surface area contributed by atoms with Crippen LogP contribution in [0.15, 0.2) is 62.5 Å². The number of benzene rings is 2. The lowest BCUT2D eigenvalue weighted by Crippen LogP contribution is -2.16. The van der Waals surface area contributed by atoms with Crippen molar-refractivity contribution in [3.05, 3.63) is 90.9 Å². The van der Waals surface area contributed by atoms with Crippen molar-refractivity contribution in [2.45, 2.75) is 13.8 Å². The molecule has 0 radical (unpaired) electrons. The summed E-state index contributed by atoms with van der Waals surface area (Å²) in [5.41, 5.74) is 6.09. The van der Waals surface area contributed by atoms with Crippen LogP contribution in [-0.2, 0) is 0 Å². The Hall–Kier alpha value is -3.43. The maximum atomic E-state index is 12.4. The maximum Gasteiger partial charge on any atom is 0.307 e. The number of halogens is 2. The zero-order chi connectivity index (χ0) is 23.0. The Bertz CT molecular complexity index is 1410. The fraction of sp³-hybridized carbons (Fsp3) is 0.0909. The summed E-state index contributed by atoms with van der Waals surface area (Å²) in [7, 11) is 0. The number of aryl methyl sites for hydroxylation is 1. The Labute approximate surface area is 195 Å². The fourth-order valence-electron chi connectivity index (χ4n) is 3.44. The van der Waals surface area contributed by atoms with Crippen LogP contribution in [0, 0.1) is 24.0 Å². The topological polar surface area (TPSA) is 103 Å². The van der Waals surface area contributed by atoms with Crippen molar-refractivity contribution >= 4 is 56.3 Å². The highest BCUT2D eigenvalue weighted by atomic mass is 79.9. The van der Waals surface area contributed by atoms with E-state index in [1.807, 2.05) is 36.6 Å². The third-order valence-corrected chi connectivity index (χ3v) is 5.72. The Morgan fingerprint density at radius 2 is 2.00 bits per heavy atom. The Balaban J connectivity index is 1.54. The van der Waals surface area contributed by atoms with E-state index >= 15 is 0 Å². The summed E-state index contributed by atoms with van der Waals surface area (Å²) in [6.45, 7) is 3.77. The van der Waals surface area contributed by atoms with Crippen LogP contribution in [0.4, 0.5) is 5.69 Å². The molecule has 0 fully saturated rings. The number of nitro benzene ring substituents is 1. The van der Waals surface area contributed by atoms with Gasteiger partial charge in [-0.15, -0.1) is 0 Å². The van der Waals surface area contributed by atoms with Gasteiger partial charge in [0.2, 0.25) is 0 Å². The van der Waals surface area contributed by atoms with Crippen LogP contribution in [-0.4, -0.2) is 21.6 Å². The summed E-state index contributed by atoms with van der Waals surface area (Å²) in [6.07, 6.45) is 1.53. The zero-order valence-corrected chi connectivity index (χ0v) is 19.3. The molecule has 2 aromatic heterocycles. The summed E-state index contributed by atoms with van der Waals surface area (Å²) in [6, 6.07) is 13.6. The van der Waals surface area contributed by atoms with Gasteiger partial charge in [-0.1, -0.05) is 27.5 Å². The number of nitrogens with zero attached hydrogens (tertiary/aromatic N) is 3. The first-order valence-corrected chi connectivity index (χ1v) is 10.6. The number of hydrazone groups is 1. The van der Waals surface area contributed by atoms with Gasteiger partial charge in [0.15, 0.2) is 5.76 Å².